The van der Waals surface area contributed by atoms with Crippen molar-refractivity contribution in [1.29, 1.82) is 10.5 Å². The van der Waals surface area contributed by atoms with Crippen LogP contribution in [-0.2, 0) is 0 Å². The first-order valence-corrected chi connectivity index (χ1v) is 7.54. The molecule has 22 heavy (non-hydrogen) atoms. The Kier molecular flexibility index (Phi) is 5.42. The minimum atomic E-state index is 0.476. The molecule has 0 aliphatic carbocycles. The molecule has 0 unspecified atom stereocenters. The van der Waals surface area contributed by atoms with Gasteiger partial charge in [-0.05, 0) is 36.6 Å². The summed E-state index contributed by atoms with van der Waals surface area (Å²) in [6.45, 7) is 0. The fraction of sp³-hybridized carbons (Fsp3) is 0.0625. The van der Waals surface area contributed by atoms with Crippen LogP contribution in [-0.4, -0.2) is 11.4 Å². The number of nitriles is 2. The molecule has 1 N–H and O–H groups in total. The van der Waals surface area contributed by atoms with E-state index in [2.05, 4.69) is 16.4 Å². The van der Waals surface area contributed by atoms with E-state index >= 15 is 0 Å². The Bertz CT molecular complexity index is 774. The number of nitrogens with one attached hydrogen (secondary N) is 1. The third-order valence-corrected chi connectivity index (χ3v) is 3.21. The second kappa shape index (κ2) is 7.72. The van der Waals surface area contributed by atoms with Gasteiger partial charge in [0.15, 0.2) is 17.1 Å². The number of benzene rings is 2. The molecule has 0 fully saturated rings. The lowest BCUT2D eigenvalue weighted by Crippen LogP contribution is -2.12. The molecule has 6 heteroatoms. The summed E-state index contributed by atoms with van der Waals surface area (Å²) in [5.41, 5.74) is 1.12. The van der Waals surface area contributed by atoms with Gasteiger partial charge in [-0.2, -0.15) is 10.5 Å². The van der Waals surface area contributed by atoms with E-state index in [9.17, 15) is 0 Å². The van der Waals surface area contributed by atoms with Crippen molar-refractivity contribution in [2.24, 2.45) is 4.99 Å². The highest BCUT2D eigenvalue weighted by atomic mass is 32.2. The van der Waals surface area contributed by atoms with Gasteiger partial charge in [-0.1, -0.05) is 30.0 Å². The first kappa shape index (κ1) is 15.4. The van der Waals surface area contributed by atoms with Crippen LogP contribution in [0.3, 0.4) is 0 Å². The van der Waals surface area contributed by atoms with Crippen LogP contribution >= 0.6 is 11.8 Å². The van der Waals surface area contributed by atoms with Crippen molar-refractivity contribution in [2.45, 2.75) is 0 Å². The van der Waals surface area contributed by atoms with E-state index in [0.717, 1.165) is 0 Å². The average Bonchev–Trinajstić information content (AvgIpc) is 2.56. The SMILES string of the molecule is CSC(=Nc1ccccc1Oc1cccc(C#N)c1)NC#N. The van der Waals surface area contributed by atoms with Gasteiger partial charge in [0.2, 0.25) is 0 Å². The first-order chi connectivity index (χ1) is 10.8. The maximum Gasteiger partial charge on any atom is 0.183 e. The smallest absolute Gasteiger partial charge is 0.183 e. The molecule has 0 bridgehead atoms. The fourth-order valence-electron chi connectivity index (χ4n) is 1.67. The standard InChI is InChI=1S/C16H12N4OS/c1-22-16(19-11-18)20-14-7-2-3-8-15(14)21-13-6-4-5-12(9-13)10-17/h2-9H,1H3,(H,19,20). The molecule has 0 amide bonds. The molecule has 2 aromatic carbocycles. The van der Waals surface area contributed by atoms with Crippen LogP contribution in [0, 0.1) is 22.8 Å². The van der Waals surface area contributed by atoms with Crippen LogP contribution in [0.5, 0.6) is 11.5 Å². The van der Waals surface area contributed by atoms with Gasteiger partial charge in [-0.15, -0.1) is 0 Å². The Hall–Kier alpha value is -2.96. The molecule has 0 aliphatic rings. The number of amidine groups is 1. The zero-order valence-corrected chi connectivity index (χ0v) is 12.6. The molecule has 0 aliphatic heterocycles. The summed E-state index contributed by atoms with van der Waals surface area (Å²) < 4.78 is 5.80. The molecule has 2 rings (SSSR count). The molecule has 0 spiro atoms. The van der Waals surface area contributed by atoms with E-state index in [1.807, 2.05) is 24.6 Å². The number of hydrogen-bond acceptors (Lipinski definition) is 5. The second-order valence-electron chi connectivity index (χ2n) is 4.07. The maximum absolute atomic E-state index is 8.92. The zero-order chi connectivity index (χ0) is 15.8. The van der Waals surface area contributed by atoms with E-state index in [4.69, 9.17) is 15.3 Å². The van der Waals surface area contributed by atoms with E-state index in [1.54, 1.807) is 36.4 Å². The first-order valence-electron chi connectivity index (χ1n) is 6.31. The Morgan fingerprint density at radius 2 is 2.00 bits per heavy atom. The largest absolute Gasteiger partial charge is 0.455 e. The van der Waals surface area contributed by atoms with E-state index in [0.29, 0.717) is 27.9 Å². The Balaban J connectivity index is 2.32. The molecule has 0 saturated carbocycles. The molecule has 0 atom stereocenters. The lowest BCUT2D eigenvalue weighted by molar-refractivity contribution is 0.484. The molecular formula is C16H12N4OS. The monoisotopic (exact) mass is 308 g/mol. The van der Waals surface area contributed by atoms with Crippen LogP contribution in [0.1, 0.15) is 5.56 Å². The van der Waals surface area contributed by atoms with Gasteiger partial charge in [0.05, 0.1) is 11.6 Å². The minimum Gasteiger partial charge on any atom is -0.455 e. The summed E-state index contributed by atoms with van der Waals surface area (Å²) in [5.74, 6) is 1.10. The Morgan fingerprint density at radius 1 is 1.18 bits per heavy atom. The predicted molar refractivity (Wildman–Crippen MR) is 87.0 cm³/mol. The number of para-hydroxylation sites is 2. The van der Waals surface area contributed by atoms with Gasteiger partial charge in [0.25, 0.3) is 0 Å². The van der Waals surface area contributed by atoms with Crippen molar-refractivity contribution in [3.63, 3.8) is 0 Å². The Morgan fingerprint density at radius 3 is 2.73 bits per heavy atom. The molecular weight excluding hydrogens is 296 g/mol. The van der Waals surface area contributed by atoms with Gasteiger partial charge in [-0.3, -0.25) is 5.32 Å². The summed E-state index contributed by atoms with van der Waals surface area (Å²) in [6.07, 6.45) is 3.67. The average molecular weight is 308 g/mol. The summed E-state index contributed by atoms with van der Waals surface area (Å²) in [6, 6.07) is 16.2. The van der Waals surface area contributed by atoms with Crippen LogP contribution in [0.4, 0.5) is 5.69 Å². The van der Waals surface area contributed by atoms with Crippen LogP contribution < -0.4 is 10.1 Å². The Labute approximate surface area is 132 Å². The van der Waals surface area contributed by atoms with Gasteiger partial charge in [-0.25, -0.2) is 4.99 Å². The van der Waals surface area contributed by atoms with Crippen molar-refractivity contribution in [3.8, 4) is 23.8 Å². The van der Waals surface area contributed by atoms with E-state index < -0.39 is 0 Å². The minimum absolute atomic E-state index is 0.476. The molecule has 0 aromatic heterocycles. The van der Waals surface area contributed by atoms with Gasteiger partial charge in [0, 0.05) is 0 Å². The normalized spacial score (nSPS) is 10.4. The molecule has 108 valence electrons. The third kappa shape index (κ3) is 4.02. The number of aliphatic imine (C=N–C) groups is 1. The van der Waals surface area contributed by atoms with Crippen molar-refractivity contribution in [2.75, 3.05) is 6.26 Å². The third-order valence-electron chi connectivity index (χ3n) is 2.63. The fourth-order valence-corrected chi connectivity index (χ4v) is 2.01. The van der Waals surface area contributed by atoms with Gasteiger partial charge < -0.3 is 4.74 Å². The summed E-state index contributed by atoms with van der Waals surface area (Å²) >= 11 is 1.33. The molecule has 2 aromatic rings. The quantitative estimate of drug-likeness (QED) is 0.404. The summed E-state index contributed by atoms with van der Waals surface area (Å²) in [7, 11) is 0. The van der Waals surface area contributed by atoms with Crippen LogP contribution in [0.2, 0.25) is 0 Å². The predicted octanol–water partition coefficient (Wildman–Crippen LogP) is 3.77. The number of nitrogens with zero attached hydrogens (tertiary/aromatic N) is 3. The van der Waals surface area contributed by atoms with Crippen LogP contribution in [0.15, 0.2) is 53.5 Å². The summed E-state index contributed by atoms with van der Waals surface area (Å²) in [4.78, 5) is 4.36. The van der Waals surface area contributed by atoms with Gasteiger partial charge in [0.1, 0.15) is 11.4 Å². The molecule has 0 radical (unpaired) electrons. The molecule has 0 saturated heterocycles. The second-order valence-corrected chi connectivity index (χ2v) is 4.86. The summed E-state index contributed by atoms with van der Waals surface area (Å²) in [5, 5.41) is 20.6. The zero-order valence-electron chi connectivity index (χ0n) is 11.8. The van der Waals surface area contributed by atoms with Gasteiger partial charge >= 0.3 is 0 Å². The lowest BCUT2D eigenvalue weighted by atomic mass is 10.2. The van der Waals surface area contributed by atoms with Crippen molar-refractivity contribution in [1.82, 2.24) is 5.32 Å². The molecule has 5 nitrogen and oxygen atoms in total. The van der Waals surface area contributed by atoms with E-state index in [-0.39, 0.29) is 0 Å². The number of thioether (sulfide) groups is 1. The van der Waals surface area contributed by atoms with Crippen molar-refractivity contribution < 1.29 is 4.74 Å². The molecule has 0 heterocycles. The topological polar surface area (TPSA) is 81.2 Å². The van der Waals surface area contributed by atoms with E-state index in [1.165, 1.54) is 11.8 Å². The van der Waals surface area contributed by atoms with Crippen LogP contribution in [0.25, 0.3) is 0 Å². The maximum atomic E-state index is 8.92. The highest BCUT2D eigenvalue weighted by Gasteiger charge is 2.06. The lowest BCUT2D eigenvalue weighted by Gasteiger charge is -2.09. The van der Waals surface area contributed by atoms with Crippen molar-refractivity contribution in [3.05, 3.63) is 54.1 Å². The highest BCUT2D eigenvalue weighted by molar-refractivity contribution is 8.13. The number of rotatable bonds is 3. The number of ether oxygens (including phenoxy) is 1. The number of hydrogen-bond donors (Lipinski definition) is 1. The van der Waals surface area contributed by atoms with Crippen molar-refractivity contribution >= 4 is 22.6 Å². The highest BCUT2D eigenvalue weighted by Crippen LogP contribution is 2.32.